The Morgan fingerprint density at radius 1 is 1.12 bits per heavy atom. The number of hydrogen-bond donors (Lipinski definition) is 1. The molecular formula is C27H43BrO5. The SMILES string of the molecule is COC(=O)CC[C@@H](C)[C@H]1CC[C@H]2[C@@H]3C[C@@H](Br)[C@@]4(O)C[C@@H](OC(C)=O)CC[C@]4(C)[C@H]3CC[C@]12C. The molecule has 0 heterocycles. The molecular weight excluding hydrogens is 484 g/mol. The highest BCUT2D eigenvalue weighted by Crippen LogP contribution is 2.70. The van der Waals surface area contributed by atoms with Crippen LogP contribution >= 0.6 is 15.9 Å². The summed E-state index contributed by atoms with van der Waals surface area (Å²) in [6, 6.07) is 0. The molecule has 10 atom stereocenters. The normalized spacial score (nSPS) is 47.6. The van der Waals surface area contributed by atoms with E-state index in [1.165, 1.54) is 33.3 Å². The lowest BCUT2D eigenvalue weighted by atomic mass is 9.43. The summed E-state index contributed by atoms with van der Waals surface area (Å²) in [5, 5.41) is 12.0. The molecule has 33 heavy (non-hydrogen) atoms. The minimum atomic E-state index is -0.841. The molecule has 5 nitrogen and oxygen atoms in total. The van der Waals surface area contributed by atoms with E-state index in [4.69, 9.17) is 9.47 Å². The van der Waals surface area contributed by atoms with Crippen LogP contribution in [0, 0.1) is 40.4 Å². The first-order chi connectivity index (χ1) is 15.5. The summed E-state index contributed by atoms with van der Waals surface area (Å²) in [7, 11) is 1.47. The predicted octanol–water partition coefficient (Wildman–Crippen LogP) is 5.65. The van der Waals surface area contributed by atoms with Gasteiger partial charge in [0.25, 0.3) is 0 Å². The molecule has 0 aromatic carbocycles. The topological polar surface area (TPSA) is 72.8 Å². The average molecular weight is 528 g/mol. The average Bonchev–Trinajstić information content (AvgIpc) is 3.11. The third-order valence-corrected chi connectivity index (χ3v) is 12.0. The summed E-state index contributed by atoms with van der Waals surface area (Å²) in [5.41, 5.74) is -0.688. The molecule has 1 N–H and O–H groups in total. The Labute approximate surface area is 207 Å². The number of methoxy groups -OCH3 is 1. The summed E-state index contributed by atoms with van der Waals surface area (Å²) >= 11 is 3.94. The zero-order chi connectivity index (χ0) is 24.2. The van der Waals surface area contributed by atoms with Crippen LogP contribution < -0.4 is 0 Å². The van der Waals surface area contributed by atoms with Gasteiger partial charge in [-0.3, -0.25) is 9.59 Å². The van der Waals surface area contributed by atoms with Gasteiger partial charge in [0, 0.05) is 30.0 Å². The molecule has 4 rings (SSSR count). The third kappa shape index (κ3) is 4.09. The van der Waals surface area contributed by atoms with Crippen LogP contribution in [0.15, 0.2) is 0 Å². The summed E-state index contributed by atoms with van der Waals surface area (Å²) in [6.07, 6.45) is 9.39. The maximum Gasteiger partial charge on any atom is 0.305 e. The maximum absolute atomic E-state index is 12.0. The minimum Gasteiger partial charge on any atom is -0.469 e. The number of aliphatic hydroxyl groups is 1. The van der Waals surface area contributed by atoms with Gasteiger partial charge in [0.05, 0.1) is 12.7 Å². The van der Waals surface area contributed by atoms with Crippen molar-refractivity contribution in [3.05, 3.63) is 0 Å². The van der Waals surface area contributed by atoms with Crippen molar-refractivity contribution in [2.24, 2.45) is 40.4 Å². The standard InChI is InChI=1S/C27H43BrO5/c1-16(6-9-24(30)32-5)20-7-8-21-19-14-23(28)27(31)15-18(33-17(2)29)10-13-26(27,4)22(19)11-12-25(20,21)3/h16,18-23,31H,6-15H2,1-5H3/t16-,18+,19+,20-,21+,22+,23-,25-,26-,27+/m1/s1. The molecule has 4 aliphatic carbocycles. The predicted molar refractivity (Wildman–Crippen MR) is 131 cm³/mol. The minimum absolute atomic E-state index is 0.0211. The van der Waals surface area contributed by atoms with Gasteiger partial charge < -0.3 is 14.6 Å². The molecule has 0 aliphatic heterocycles. The summed E-state index contributed by atoms with van der Waals surface area (Å²) in [5.74, 6) is 2.61. The van der Waals surface area contributed by atoms with Gasteiger partial charge in [-0.25, -0.2) is 0 Å². The van der Waals surface area contributed by atoms with E-state index in [1.54, 1.807) is 0 Å². The molecule has 0 aromatic rings. The molecule has 4 saturated carbocycles. The van der Waals surface area contributed by atoms with Crippen molar-refractivity contribution in [1.82, 2.24) is 0 Å². The molecule has 0 aromatic heterocycles. The van der Waals surface area contributed by atoms with Gasteiger partial charge in [-0.2, -0.15) is 0 Å². The van der Waals surface area contributed by atoms with Gasteiger partial charge in [0.15, 0.2) is 0 Å². The van der Waals surface area contributed by atoms with Crippen LogP contribution in [-0.2, 0) is 19.1 Å². The van der Waals surface area contributed by atoms with Crippen LogP contribution in [0.3, 0.4) is 0 Å². The Bertz CT molecular complexity index is 772. The lowest BCUT2D eigenvalue weighted by molar-refractivity contribution is -0.219. The summed E-state index contributed by atoms with van der Waals surface area (Å²) in [6.45, 7) is 8.63. The van der Waals surface area contributed by atoms with Crippen LogP contribution in [0.25, 0.3) is 0 Å². The molecule has 4 fully saturated rings. The van der Waals surface area contributed by atoms with Gasteiger partial charge >= 0.3 is 11.9 Å². The molecule has 6 heteroatoms. The van der Waals surface area contributed by atoms with Crippen molar-refractivity contribution >= 4 is 27.9 Å². The molecule has 0 spiro atoms. The van der Waals surface area contributed by atoms with Gasteiger partial charge in [0.2, 0.25) is 0 Å². The fourth-order valence-corrected chi connectivity index (χ4v) is 10.3. The summed E-state index contributed by atoms with van der Waals surface area (Å²) in [4.78, 5) is 23.3. The Hall–Kier alpha value is -0.620. The Morgan fingerprint density at radius 3 is 2.52 bits per heavy atom. The molecule has 0 amide bonds. The number of ether oxygens (including phenoxy) is 2. The number of alkyl halides is 1. The van der Waals surface area contributed by atoms with E-state index in [1.807, 2.05) is 0 Å². The van der Waals surface area contributed by atoms with Crippen molar-refractivity contribution < 1.29 is 24.2 Å². The number of rotatable bonds is 5. The zero-order valence-corrected chi connectivity index (χ0v) is 22.7. The van der Waals surface area contributed by atoms with Gasteiger partial charge in [-0.15, -0.1) is 0 Å². The Balaban J connectivity index is 1.53. The lowest BCUT2D eigenvalue weighted by Crippen LogP contribution is -2.67. The molecule has 0 radical (unpaired) electrons. The monoisotopic (exact) mass is 526 g/mol. The molecule has 4 aliphatic rings. The Morgan fingerprint density at radius 2 is 1.85 bits per heavy atom. The van der Waals surface area contributed by atoms with Crippen LogP contribution in [0.4, 0.5) is 0 Å². The Kier molecular flexibility index (Phi) is 7.03. The molecule has 0 unspecified atom stereocenters. The second-order valence-electron chi connectivity index (χ2n) is 12.2. The number of esters is 2. The zero-order valence-electron chi connectivity index (χ0n) is 21.1. The second-order valence-corrected chi connectivity index (χ2v) is 13.3. The highest BCUT2D eigenvalue weighted by molar-refractivity contribution is 9.09. The number of carbonyl (C=O) groups is 2. The van der Waals surface area contributed by atoms with E-state index >= 15 is 0 Å². The van der Waals surface area contributed by atoms with Crippen molar-refractivity contribution in [3.63, 3.8) is 0 Å². The van der Waals surface area contributed by atoms with E-state index in [0.29, 0.717) is 47.8 Å². The summed E-state index contributed by atoms with van der Waals surface area (Å²) < 4.78 is 10.4. The molecule has 0 bridgehead atoms. The van der Waals surface area contributed by atoms with Gasteiger partial charge in [0.1, 0.15) is 6.10 Å². The van der Waals surface area contributed by atoms with Crippen molar-refractivity contribution in [1.29, 1.82) is 0 Å². The first kappa shape index (κ1) is 25.5. The fourth-order valence-electron chi connectivity index (χ4n) is 9.15. The van der Waals surface area contributed by atoms with Crippen LogP contribution in [0.2, 0.25) is 0 Å². The van der Waals surface area contributed by atoms with Crippen molar-refractivity contribution in [3.8, 4) is 0 Å². The number of hydrogen-bond acceptors (Lipinski definition) is 5. The number of carbonyl (C=O) groups excluding carboxylic acids is 2. The van der Waals surface area contributed by atoms with Gasteiger partial charge in [-0.1, -0.05) is 36.7 Å². The van der Waals surface area contributed by atoms with Crippen molar-refractivity contribution in [2.75, 3.05) is 7.11 Å². The second kappa shape index (κ2) is 9.11. The maximum atomic E-state index is 12.0. The van der Waals surface area contributed by atoms with Crippen LogP contribution in [-0.4, -0.2) is 40.7 Å². The molecule has 0 saturated heterocycles. The first-order valence-corrected chi connectivity index (χ1v) is 14.0. The van der Waals surface area contributed by atoms with Gasteiger partial charge in [-0.05, 0) is 86.4 Å². The smallest absolute Gasteiger partial charge is 0.305 e. The fraction of sp³-hybridized carbons (Fsp3) is 0.926. The van der Waals surface area contributed by atoms with Crippen molar-refractivity contribution in [2.45, 2.75) is 108 Å². The highest BCUT2D eigenvalue weighted by Gasteiger charge is 2.67. The van der Waals surface area contributed by atoms with E-state index < -0.39 is 5.60 Å². The number of halogens is 1. The quantitative estimate of drug-likeness (QED) is 0.369. The van der Waals surface area contributed by atoms with Crippen LogP contribution in [0.1, 0.15) is 91.9 Å². The third-order valence-electron chi connectivity index (χ3n) is 10.9. The van der Waals surface area contributed by atoms with E-state index in [9.17, 15) is 14.7 Å². The van der Waals surface area contributed by atoms with E-state index in [0.717, 1.165) is 32.1 Å². The van der Waals surface area contributed by atoms with E-state index in [-0.39, 0.29) is 28.3 Å². The van der Waals surface area contributed by atoms with E-state index in [2.05, 4.69) is 36.7 Å². The molecule has 188 valence electrons. The number of fused-ring (bicyclic) bond motifs is 5. The highest BCUT2D eigenvalue weighted by atomic mass is 79.9. The first-order valence-electron chi connectivity index (χ1n) is 13.1. The van der Waals surface area contributed by atoms with Crippen LogP contribution in [0.5, 0.6) is 0 Å². The lowest BCUT2D eigenvalue weighted by Gasteiger charge is -2.65. The largest absolute Gasteiger partial charge is 0.469 e.